The van der Waals surface area contributed by atoms with Crippen LogP contribution in [-0.4, -0.2) is 56.4 Å². The van der Waals surface area contributed by atoms with Gasteiger partial charge in [-0.2, -0.15) is 0 Å². The van der Waals surface area contributed by atoms with E-state index in [2.05, 4.69) is 6.58 Å². The Morgan fingerprint density at radius 2 is 2.15 bits per heavy atom. The quantitative estimate of drug-likeness (QED) is 0.732. The largest absolute Gasteiger partial charge is 0.496 e. The molecular weight excluding hydrogens is 330 g/mol. The molecule has 0 aromatic heterocycles. The Morgan fingerprint density at radius 3 is 2.81 bits per heavy atom. The molecule has 5 heteroatoms. The van der Waals surface area contributed by atoms with E-state index in [0.29, 0.717) is 12.0 Å². The fourth-order valence-corrected chi connectivity index (χ4v) is 4.51. The number of carbonyl (C=O) groups is 1. The number of allylic oxidation sites excluding steroid dienone is 1. The summed E-state index contributed by atoms with van der Waals surface area (Å²) in [6, 6.07) is 5.69. The van der Waals surface area contributed by atoms with E-state index in [1.54, 1.807) is 21.3 Å². The zero-order valence-corrected chi connectivity index (χ0v) is 16.0. The Labute approximate surface area is 155 Å². The minimum Gasteiger partial charge on any atom is -0.496 e. The van der Waals surface area contributed by atoms with Gasteiger partial charge in [0.1, 0.15) is 5.75 Å². The molecule has 0 N–H and O–H groups in total. The summed E-state index contributed by atoms with van der Waals surface area (Å²) in [6.45, 7) is 4.51. The van der Waals surface area contributed by atoms with Crippen molar-refractivity contribution in [2.75, 3.05) is 27.9 Å². The van der Waals surface area contributed by atoms with Crippen molar-refractivity contribution in [3.8, 4) is 5.75 Å². The van der Waals surface area contributed by atoms with Gasteiger partial charge < -0.3 is 19.1 Å². The minimum absolute atomic E-state index is 0.0543. The molecule has 1 aromatic carbocycles. The van der Waals surface area contributed by atoms with E-state index in [4.69, 9.17) is 14.2 Å². The standard InChI is InChI=1S/C21H29NO4/c1-5-6-15-13-16(7-8-18(15)25-3)20(23)22-12-11-21(26-4)10-9-17(24-2)14-19(21)22/h5,7-8,13,17,19H,1,6,9-12,14H2,2-4H3/t17-,19+,21-/m1/s1. The van der Waals surface area contributed by atoms with E-state index < -0.39 is 0 Å². The molecule has 26 heavy (non-hydrogen) atoms. The number of fused-ring (bicyclic) bond motifs is 1. The first-order valence-electron chi connectivity index (χ1n) is 9.25. The van der Waals surface area contributed by atoms with Crippen LogP contribution in [0.5, 0.6) is 5.75 Å². The lowest BCUT2D eigenvalue weighted by Crippen LogP contribution is -2.53. The molecule has 1 aliphatic heterocycles. The van der Waals surface area contributed by atoms with E-state index in [-0.39, 0.29) is 23.7 Å². The molecule has 3 atom stereocenters. The number of carbonyl (C=O) groups excluding carboxylic acids is 1. The van der Waals surface area contributed by atoms with Gasteiger partial charge in [0, 0.05) is 26.3 Å². The third-order valence-electron chi connectivity index (χ3n) is 6.03. The molecule has 3 rings (SSSR count). The third kappa shape index (κ3) is 3.26. The maximum absolute atomic E-state index is 13.3. The molecule has 5 nitrogen and oxygen atoms in total. The van der Waals surface area contributed by atoms with Gasteiger partial charge in [-0.3, -0.25) is 4.79 Å². The zero-order chi connectivity index (χ0) is 18.7. The maximum Gasteiger partial charge on any atom is 0.254 e. The van der Waals surface area contributed by atoms with Crippen molar-refractivity contribution in [3.05, 3.63) is 42.0 Å². The number of benzene rings is 1. The Kier molecular flexibility index (Phi) is 5.68. The molecule has 1 heterocycles. The Bertz CT molecular complexity index is 674. The van der Waals surface area contributed by atoms with Crippen LogP contribution < -0.4 is 4.74 Å². The second-order valence-corrected chi connectivity index (χ2v) is 7.18. The summed E-state index contributed by atoms with van der Waals surface area (Å²) in [5, 5.41) is 0. The van der Waals surface area contributed by atoms with E-state index in [1.165, 1.54) is 0 Å². The highest BCUT2D eigenvalue weighted by Crippen LogP contribution is 2.43. The normalized spacial score (nSPS) is 27.9. The van der Waals surface area contributed by atoms with Gasteiger partial charge in [0.15, 0.2) is 0 Å². The zero-order valence-electron chi connectivity index (χ0n) is 16.0. The van der Waals surface area contributed by atoms with Gasteiger partial charge in [-0.05, 0) is 55.9 Å². The summed E-state index contributed by atoms with van der Waals surface area (Å²) >= 11 is 0. The average molecular weight is 359 g/mol. The van der Waals surface area contributed by atoms with Crippen molar-refractivity contribution in [2.45, 2.75) is 49.9 Å². The molecular formula is C21H29NO4. The lowest BCUT2D eigenvalue weighted by Gasteiger charge is -2.43. The van der Waals surface area contributed by atoms with Crippen molar-refractivity contribution < 1.29 is 19.0 Å². The van der Waals surface area contributed by atoms with Crippen LogP contribution >= 0.6 is 0 Å². The van der Waals surface area contributed by atoms with E-state index in [1.807, 2.05) is 29.2 Å². The van der Waals surface area contributed by atoms with Crippen LogP contribution in [0, 0.1) is 0 Å². The number of hydrogen-bond acceptors (Lipinski definition) is 4. The van der Waals surface area contributed by atoms with E-state index in [0.717, 1.165) is 43.5 Å². The van der Waals surface area contributed by atoms with Crippen molar-refractivity contribution >= 4 is 5.91 Å². The van der Waals surface area contributed by atoms with Gasteiger partial charge in [-0.25, -0.2) is 0 Å². The molecule has 1 aliphatic carbocycles. The van der Waals surface area contributed by atoms with Gasteiger partial charge in [0.05, 0.1) is 24.9 Å². The van der Waals surface area contributed by atoms with Gasteiger partial charge in [0.25, 0.3) is 5.91 Å². The molecule has 2 aliphatic rings. The summed E-state index contributed by atoms with van der Waals surface area (Å²) in [5.41, 5.74) is 1.43. The SMILES string of the molecule is C=CCc1cc(C(=O)N2CC[C@]3(OC)CC[C@@H](OC)C[C@H]23)ccc1OC. The highest BCUT2D eigenvalue weighted by molar-refractivity contribution is 5.95. The van der Waals surface area contributed by atoms with Gasteiger partial charge in [-0.1, -0.05) is 6.08 Å². The smallest absolute Gasteiger partial charge is 0.254 e. The fourth-order valence-electron chi connectivity index (χ4n) is 4.51. The van der Waals surface area contributed by atoms with Crippen LogP contribution in [0.2, 0.25) is 0 Å². The average Bonchev–Trinajstić information content (AvgIpc) is 3.06. The Hall–Kier alpha value is -1.85. The topological polar surface area (TPSA) is 48.0 Å². The molecule has 1 aromatic rings. The predicted octanol–water partition coefficient (Wildman–Crippen LogP) is 3.22. The first-order valence-corrected chi connectivity index (χ1v) is 9.25. The molecule has 0 spiro atoms. The van der Waals surface area contributed by atoms with Crippen LogP contribution in [-0.2, 0) is 15.9 Å². The van der Waals surface area contributed by atoms with Crippen LogP contribution in [0.3, 0.4) is 0 Å². The number of amides is 1. The number of ether oxygens (including phenoxy) is 3. The van der Waals surface area contributed by atoms with E-state index >= 15 is 0 Å². The number of rotatable bonds is 6. The number of hydrogen-bond donors (Lipinski definition) is 0. The lowest BCUT2D eigenvalue weighted by molar-refractivity contribution is -0.0893. The maximum atomic E-state index is 13.3. The van der Waals surface area contributed by atoms with Crippen molar-refractivity contribution in [2.24, 2.45) is 0 Å². The summed E-state index contributed by atoms with van der Waals surface area (Å²) in [4.78, 5) is 15.3. The highest BCUT2D eigenvalue weighted by atomic mass is 16.5. The Morgan fingerprint density at radius 1 is 1.35 bits per heavy atom. The fraction of sp³-hybridized carbons (Fsp3) is 0.571. The minimum atomic E-state index is -0.235. The van der Waals surface area contributed by atoms with Crippen LogP contribution in [0.25, 0.3) is 0 Å². The van der Waals surface area contributed by atoms with Crippen molar-refractivity contribution in [3.63, 3.8) is 0 Å². The van der Waals surface area contributed by atoms with Gasteiger partial charge in [0.2, 0.25) is 0 Å². The summed E-state index contributed by atoms with van der Waals surface area (Å²) in [6.07, 6.45) is 6.29. The van der Waals surface area contributed by atoms with Crippen molar-refractivity contribution in [1.82, 2.24) is 4.90 Å². The number of methoxy groups -OCH3 is 3. The molecule has 0 bridgehead atoms. The Balaban J connectivity index is 1.87. The third-order valence-corrected chi connectivity index (χ3v) is 6.03. The van der Waals surface area contributed by atoms with Gasteiger partial charge >= 0.3 is 0 Å². The van der Waals surface area contributed by atoms with Crippen LogP contribution in [0.4, 0.5) is 0 Å². The monoisotopic (exact) mass is 359 g/mol. The molecule has 1 saturated heterocycles. The van der Waals surface area contributed by atoms with Crippen molar-refractivity contribution in [1.29, 1.82) is 0 Å². The lowest BCUT2D eigenvalue weighted by atomic mass is 9.79. The molecule has 2 fully saturated rings. The first-order chi connectivity index (χ1) is 12.6. The van der Waals surface area contributed by atoms with Crippen LogP contribution in [0.1, 0.15) is 41.6 Å². The summed E-state index contributed by atoms with van der Waals surface area (Å²) in [5.74, 6) is 0.838. The van der Waals surface area contributed by atoms with Gasteiger partial charge in [-0.15, -0.1) is 6.58 Å². The summed E-state index contributed by atoms with van der Waals surface area (Å²) < 4.78 is 16.9. The van der Waals surface area contributed by atoms with Crippen LogP contribution in [0.15, 0.2) is 30.9 Å². The molecule has 142 valence electrons. The predicted molar refractivity (Wildman–Crippen MR) is 101 cm³/mol. The second kappa shape index (κ2) is 7.80. The van der Waals surface area contributed by atoms with E-state index in [9.17, 15) is 4.79 Å². The number of nitrogens with zero attached hydrogens (tertiary/aromatic N) is 1. The number of likely N-dealkylation sites (tertiary alicyclic amines) is 1. The second-order valence-electron chi connectivity index (χ2n) is 7.18. The summed E-state index contributed by atoms with van der Waals surface area (Å²) in [7, 11) is 5.16. The molecule has 0 radical (unpaired) electrons. The molecule has 1 amide bonds. The first kappa shape index (κ1) is 18.9. The highest BCUT2D eigenvalue weighted by Gasteiger charge is 2.52. The molecule has 1 saturated carbocycles. The molecule has 0 unspecified atom stereocenters.